The summed E-state index contributed by atoms with van der Waals surface area (Å²) in [5.41, 5.74) is 3.50. The molecule has 4 rings (SSSR count). The topological polar surface area (TPSA) is 71.1 Å². The highest BCUT2D eigenvalue weighted by Gasteiger charge is 2.36. The van der Waals surface area contributed by atoms with Gasteiger partial charge in [0.05, 0.1) is 12.8 Å². The molecule has 184 valence electrons. The lowest BCUT2D eigenvalue weighted by molar-refractivity contribution is -0.118. The molecule has 1 heterocycles. The van der Waals surface area contributed by atoms with Gasteiger partial charge in [0.2, 0.25) is 0 Å². The van der Waals surface area contributed by atoms with E-state index in [4.69, 9.17) is 21.7 Å². The molecule has 0 aliphatic carbocycles. The minimum Gasteiger partial charge on any atom is -0.493 e. The molecule has 1 fully saturated rings. The first kappa shape index (κ1) is 25.4. The second-order valence-corrected chi connectivity index (χ2v) is 9.24. The van der Waals surface area contributed by atoms with Crippen molar-refractivity contribution in [3.8, 4) is 11.5 Å². The Morgan fingerprint density at radius 3 is 2.47 bits per heavy atom. The number of hydrogen-bond donors (Lipinski definition) is 1. The molecule has 1 aliphatic heterocycles. The van der Waals surface area contributed by atoms with Gasteiger partial charge in [-0.3, -0.25) is 14.5 Å². The monoisotopic (exact) mass is 565 g/mol. The number of methoxy groups -OCH3 is 1. The molecule has 0 spiro atoms. The van der Waals surface area contributed by atoms with Crippen molar-refractivity contribution in [2.24, 2.45) is 0 Å². The summed E-state index contributed by atoms with van der Waals surface area (Å²) in [6.45, 7) is 1.72. The average Bonchev–Trinajstić information content (AvgIpc) is 3.08. The molecule has 0 bridgehead atoms. The maximum atomic E-state index is 13.2. The lowest BCUT2D eigenvalue weighted by Crippen LogP contribution is -2.30. The van der Waals surface area contributed by atoms with Gasteiger partial charge in [-0.15, -0.1) is 0 Å². The second-order valence-electron chi connectivity index (χ2n) is 8.02. The van der Waals surface area contributed by atoms with Crippen LogP contribution in [0.3, 0.4) is 0 Å². The van der Waals surface area contributed by atoms with Gasteiger partial charge in [-0.05, 0) is 66.7 Å². The molecule has 1 aliphatic rings. The van der Waals surface area contributed by atoms with Gasteiger partial charge < -0.3 is 19.7 Å². The first-order valence-corrected chi connectivity index (χ1v) is 12.2. The molecule has 0 radical (unpaired) electrons. The predicted molar refractivity (Wildman–Crippen MR) is 148 cm³/mol. The number of halogens is 1. The summed E-state index contributed by atoms with van der Waals surface area (Å²) in [5.74, 6) is 0.289. The molecule has 0 saturated carbocycles. The van der Waals surface area contributed by atoms with Crippen LogP contribution < -0.4 is 19.7 Å². The van der Waals surface area contributed by atoms with Crippen LogP contribution in [0.1, 0.15) is 11.1 Å². The van der Waals surface area contributed by atoms with Crippen LogP contribution in [0.5, 0.6) is 11.5 Å². The van der Waals surface area contributed by atoms with Crippen molar-refractivity contribution in [3.63, 3.8) is 0 Å². The van der Waals surface area contributed by atoms with Crippen LogP contribution >= 0.6 is 28.1 Å². The molecule has 0 unspecified atom stereocenters. The zero-order valence-corrected chi connectivity index (χ0v) is 22.4. The molecule has 2 amide bonds. The minimum atomic E-state index is -0.290. The van der Waals surface area contributed by atoms with E-state index in [0.717, 1.165) is 11.3 Å². The number of ether oxygens (including phenoxy) is 2. The third-order valence-corrected chi connectivity index (χ3v) is 6.77. The average molecular weight is 566 g/mol. The van der Waals surface area contributed by atoms with Gasteiger partial charge >= 0.3 is 0 Å². The number of thiocarbonyl (C=S) groups is 1. The number of carbonyl (C=O) groups excluding carboxylic acids is 2. The fourth-order valence-electron chi connectivity index (χ4n) is 3.69. The molecule has 3 aromatic rings. The highest BCUT2D eigenvalue weighted by molar-refractivity contribution is 9.10. The summed E-state index contributed by atoms with van der Waals surface area (Å²) in [7, 11) is 3.27. The number of anilines is 2. The first-order valence-electron chi connectivity index (χ1n) is 11.0. The summed E-state index contributed by atoms with van der Waals surface area (Å²) >= 11 is 9.07. The number of aryl methyl sites for hydroxylation is 1. The Bertz CT molecular complexity index is 1360. The van der Waals surface area contributed by atoms with Gasteiger partial charge in [-0.1, -0.05) is 52.3 Å². The summed E-state index contributed by atoms with van der Waals surface area (Å²) in [6.07, 6.45) is 1.73. The molecule has 9 heteroatoms. The Morgan fingerprint density at radius 1 is 1.08 bits per heavy atom. The number of carbonyl (C=O) groups is 2. The first-order chi connectivity index (χ1) is 17.3. The van der Waals surface area contributed by atoms with E-state index in [1.54, 1.807) is 30.2 Å². The zero-order valence-electron chi connectivity index (χ0n) is 19.9. The molecular weight excluding hydrogens is 542 g/mol. The van der Waals surface area contributed by atoms with Crippen molar-refractivity contribution < 1.29 is 19.1 Å². The number of para-hydroxylation sites is 2. The van der Waals surface area contributed by atoms with E-state index in [0.29, 0.717) is 38.0 Å². The van der Waals surface area contributed by atoms with Crippen LogP contribution in [0.4, 0.5) is 11.4 Å². The van der Waals surface area contributed by atoms with Crippen LogP contribution in [0.2, 0.25) is 0 Å². The number of hydrogen-bond acceptors (Lipinski definition) is 5. The van der Waals surface area contributed by atoms with Crippen LogP contribution in [0, 0.1) is 6.92 Å². The molecule has 36 heavy (non-hydrogen) atoms. The van der Waals surface area contributed by atoms with E-state index in [2.05, 4.69) is 21.2 Å². The molecule has 0 atom stereocenters. The lowest BCUT2D eigenvalue weighted by atomic mass is 10.1. The summed E-state index contributed by atoms with van der Waals surface area (Å²) in [5, 5.41) is 3.23. The Kier molecular flexibility index (Phi) is 7.71. The SMILES string of the molecule is COc1cc(/C=C2\C(=O)N(c3ccccc3)C(=S)N2C)c(Br)cc1OCC(=O)Nc1ccccc1C. The normalized spacial score (nSPS) is 14.4. The van der Waals surface area contributed by atoms with Gasteiger partial charge in [0.15, 0.2) is 23.2 Å². The van der Waals surface area contributed by atoms with Crippen LogP contribution in [-0.2, 0) is 9.59 Å². The summed E-state index contributed by atoms with van der Waals surface area (Å²) in [6, 6.07) is 20.2. The van der Waals surface area contributed by atoms with Gasteiger partial charge in [0, 0.05) is 17.2 Å². The Hall–Kier alpha value is -3.69. The largest absolute Gasteiger partial charge is 0.493 e. The van der Waals surface area contributed by atoms with E-state index in [-0.39, 0.29) is 18.4 Å². The number of nitrogens with one attached hydrogen (secondary N) is 1. The highest BCUT2D eigenvalue weighted by atomic mass is 79.9. The molecule has 7 nitrogen and oxygen atoms in total. The molecular formula is C27H24BrN3O4S. The minimum absolute atomic E-state index is 0.195. The van der Waals surface area contributed by atoms with Crippen LogP contribution in [0.15, 0.2) is 76.9 Å². The third kappa shape index (κ3) is 5.27. The van der Waals surface area contributed by atoms with Crippen molar-refractivity contribution in [1.82, 2.24) is 4.90 Å². The Morgan fingerprint density at radius 2 is 1.78 bits per heavy atom. The summed E-state index contributed by atoms with van der Waals surface area (Å²) in [4.78, 5) is 28.8. The van der Waals surface area contributed by atoms with Crippen molar-refractivity contribution >= 4 is 62.5 Å². The van der Waals surface area contributed by atoms with Crippen LogP contribution in [0.25, 0.3) is 6.08 Å². The Labute approximate surface area is 223 Å². The fourth-order valence-corrected chi connectivity index (χ4v) is 4.41. The number of benzene rings is 3. The van der Waals surface area contributed by atoms with E-state index >= 15 is 0 Å². The van der Waals surface area contributed by atoms with E-state index in [9.17, 15) is 9.59 Å². The van der Waals surface area contributed by atoms with E-state index in [1.807, 2.05) is 61.5 Å². The quantitative estimate of drug-likeness (QED) is 0.306. The molecule has 1 N–H and O–H groups in total. The number of likely N-dealkylation sites (N-methyl/N-ethyl adjacent to an activating group) is 1. The number of rotatable bonds is 7. The second kappa shape index (κ2) is 10.9. The number of amides is 2. The number of nitrogens with zero attached hydrogens (tertiary/aromatic N) is 2. The molecule has 0 aromatic heterocycles. The van der Waals surface area contributed by atoms with Crippen molar-refractivity contribution in [2.45, 2.75) is 6.92 Å². The van der Waals surface area contributed by atoms with E-state index < -0.39 is 0 Å². The zero-order chi connectivity index (χ0) is 25.8. The van der Waals surface area contributed by atoms with Crippen LogP contribution in [-0.4, -0.2) is 42.6 Å². The smallest absolute Gasteiger partial charge is 0.281 e. The maximum absolute atomic E-state index is 13.2. The van der Waals surface area contributed by atoms with Gasteiger partial charge in [-0.2, -0.15) is 0 Å². The van der Waals surface area contributed by atoms with Gasteiger partial charge in [0.25, 0.3) is 11.8 Å². The predicted octanol–water partition coefficient (Wildman–Crippen LogP) is 5.39. The van der Waals surface area contributed by atoms with Crippen molar-refractivity contribution in [2.75, 3.05) is 31.0 Å². The van der Waals surface area contributed by atoms with E-state index in [1.165, 1.54) is 12.0 Å². The molecule has 3 aromatic carbocycles. The molecule has 1 saturated heterocycles. The van der Waals surface area contributed by atoms with Gasteiger partial charge in [0.1, 0.15) is 5.70 Å². The van der Waals surface area contributed by atoms with Crippen molar-refractivity contribution in [3.05, 3.63) is 88.0 Å². The third-order valence-electron chi connectivity index (χ3n) is 5.63. The summed E-state index contributed by atoms with van der Waals surface area (Å²) < 4.78 is 11.9. The highest BCUT2D eigenvalue weighted by Crippen LogP contribution is 2.36. The fraction of sp³-hybridized carbons (Fsp3) is 0.148. The Balaban J connectivity index is 1.54. The maximum Gasteiger partial charge on any atom is 0.281 e. The lowest BCUT2D eigenvalue weighted by Gasteiger charge is -2.16. The standard InChI is InChI=1S/C27H24BrN3O4S/c1-17-9-7-8-12-21(17)29-25(32)16-35-24-15-20(28)18(14-23(24)34-3)13-22-26(33)31(27(36)30(22)2)19-10-5-4-6-11-19/h4-15H,16H2,1-3H3,(H,29,32)/b22-13+. The van der Waals surface area contributed by atoms with Crippen molar-refractivity contribution in [1.29, 1.82) is 0 Å². The van der Waals surface area contributed by atoms with Gasteiger partial charge in [-0.25, -0.2) is 0 Å².